The van der Waals surface area contributed by atoms with Crippen LogP contribution in [0.25, 0.3) is 16.6 Å². The Labute approximate surface area is 92.8 Å². The van der Waals surface area contributed by atoms with Crippen LogP contribution in [0.1, 0.15) is 0 Å². The van der Waals surface area contributed by atoms with E-state index in [9.17, 15) is 4.39 Å². The number of rotatable bonds is 1. The van der Waals surface area contributed by atoms with Crippen molar-refractivity contribution < 1.29 is 4.39 Å². The molecule has 0 unspecified atom stereocenters. The average molecular weight is 210 g/mol. The fraction of sp³-hybridized carbons (Fsp3) is 0. The van der Waals surface area contributed by atoms with E-state index in [1.54, 1.807) is 12.1 Å². The third-order valence-electron chi connectivity index (χ3n) is 2.64. The zero-order valence-electron chi connectivity index (χ0n) is 8.52. The molecule has 0 aliphatic carbocycles. The van der Waals surface area contributed by atoms with Gasteiger partial charge in [0.2, 0.25) is 0 Å². The summed E-state index contributed by atoms with van der Waals surface area (Å²) >= 11 is 0. The monoisotopic (exact) mass is 210 g/mol. The van der Waals surface area contributed by atoms with Crippen LogP contribution in [0.2, 0.25) is 0 Å². The predicted octanol–water partition coefficient (Wildman–Crippen LogP) is 3.57. The van der Waals surface area contributed by atoms with E-state index in [0.29, 0.717) is 0 Å². The molecule has 0 aliphatic heterocycles. The summed E-state index contributed by atoms with van der Waals surface area (Å²) in [5.41, 5.74) is 2.06. The van der Waals surface area contributed by atoms with Gasteiger partial charge in [-0.1, -0.05) is 6.07 Å². The highest BCUT2D eigenvalue weighted by Gasteiger charge is 2.01. The van der Waals surface area contributed by atoms with Gasteiger partial charge >= 0.3 is 0 Å². The maximum absolute atomic E-state index is 12.8. The van der Waals surface area contributed by atoms with E-state index in [2.05, 4.69) is 6.07 Å². The highest BCUT2D eigenvalue weighted by Crippen LogP contribution is 2.19. The number of benzene rings is 2. The average Bonchev–Trinajstić information content (AvgIpc) is 2.74. The fourth-order valence-electron chi connectivity index (χ4n) is 1.85. The zero-order valence-corrected chi connectivity index (χ0v) is 8.52. The molecule has 2 aromatic carbocycles. The zero-order chi connectivity index (χ0) is 11.0. The van der Waals surface area contributed by atoms with Crippen molar-refractivity contribution >= 4 is 10.9 Å². The summed E-state index contributed by atoms with van der Waals surface area (Å²) in [6, 6.07) is 17.4. The summed E-state index contributed by atoms with van der Waals surface area (Å²) < 4.78 is 14.9. The van der Waals surface area contributed by atoms with Gasteiger partial charge < -0.3 is 4.57 Å². The summed E-state index contributed by atoms with van der Waals surface area (Å²) in [6.45, 7) is 0. The van der Waals surface area contributed by atoms with Gasteiger partial charge in [-0.05, 0) is 48.5 Å². The van der Waals surface area contributed by atoms with Crippen molar-refractivity contribution in [2.75, 3.05) is 0 Å². The molecule has 1 heterocycles. The fourth-order valence-corrected chi connectivity index (χ4v) is 1.85. The Balaban J connectivity index is 2.22. The van der Waals surface area contributed by atoms with Crippen LogP contribution in [-0.2, 0) is 0 Å². The van der Waals surface area contributed by atoms with Crippen molar-refractivity contribution in [1.82, 2.24) is 4.57 Å². The molecule has 1 aromatic heterocycles. The maximum Gasteiger partial charge on any atom is 0.123 e. The van der Waals surface area contributed by atoms with E-state index in [-0.39, 0.29) is 5.82 Å². The molecule has 2 heteroatoms. The van der Waals surface area contributed by atoms with Crippen molar-refractivity contribution in [2.45, 2.75) is 0 Å². The van der Waals surface area contributed by atoms with Gasteiger partial charge in [0.1, 0.15) is 5.82 Å². The van der Waals surface area contributed by atoms with E-state index in [4.69, 9.17) is 0 Å². The Hall–Kier alpha value is -2.09. The molecule has 1 nitrogen and oxygen atoms in total. The lowest BCUT2D eigenvalue weighted by atomic mass is 10.2. The quantitative estimate of drug-likeness (QED) is 0.578. The first kappa shape index (κ1) is 9.16. The Morgan fingerprint density at radius 3 is 2.62 bits per heavy atom. The number of aromatic nitrogens is 1. The third-order valence-corrected chi connectivity index (χ3v) is 2.64. The molecule has 3 rings (SSSR count). The van der Waals surface area contributed by atoms with Crippen LogP contribution in [0.4, 0.5) is 4.39 Å². The van der Waals surface area contributed by atoms with Crippen LogP contribution in [0.15, 0.2) is 54.7 Å². The van der Waals surface area contributed by atoms with Crippen LogP contribution < -0.4 is 0 Å². The van der Waals surface area contributed by atoms with E-state index >= 15 is 0 Å². The number of hydrogen-bond acceptors (Lipinski definition) is 0. The molecular weight excluding hydrogens is 201 g/mol. The minimum atomic E-state index is -0.214. The standard InChI is InChI=1S/C14H9FN/c15-12-5-7-13(8-6-12)16-10-9-11-3-1-2-4-14(11)16/h2-10H. The molecule has 0 N–H and O–H groups in total. The molecule has 3 aromatic rings. The summed E-state index contributed by atoms with van der Waals surface area (Å²) in [6.07, 6.45) is 1.98. The molecule has 77 valence electrons. The Bertz CT molecular complexity index is 623. The number of hydrogen-bond donors (Lipinski definition) is 0. The van der Waals surface area contributed by atoms with Gasteiger partial charge in [0, 0.05) is 17.3 Å². The SMILES string of the molecule is Fc1ccc(-n2ccc3c[c]ccc32)cc1. The third kappa shape index (κ3) is 1.39. The first-order valence-electron chi connectivity index (χ1n) is 5.08. The summed E-state index contributed by atoms with van der Waals surface area (Å²) in [7, 11) is 0. The van der Waals surface area contributed by atoms with Crippen LogP contribution in [0, 0.1) is 11.9 Å². The Morgan fingerprint density at radius 2 is 1.81 bits per heavy atom. The normalized spacial score (nSPS) is 10.8. The largest absolute Gasteiger partial charge is 0.317 e. The molecule has 0 fully saturated rings. The summed E-state index contributed by atoms with van der Waals surface area (Å²) in [5.74, 6) is -0.214. The van der Waals surface area contributed by atoms with Crippen molar-refractivity contribution in [3.8, 4) is 5.69 Å². The van der Waals surface area contributed by atoms with Gasteiger partial charge in [-0.25, -0.2) is 4.39 Å². The van der Waals surface area contributed by atoms with Gasteiger partial charge in [-0.15, -0.1) is 0 Å². The second kappa shape index (κ2) is 3.49. The van der Waals surface area contributed by atoms with Gasteiger partial charge in [-0.3, -0.25) is 0 Å². The lowest BCUT2D eigenvalue weighted by Crippen LogP contribution is -1.91. The van der Waals surface area contributed by atoms with Gasteiger partial charge in [-0.2, -0.15) is 0 Å². The molecule has 0 saturated carbocycles. The highest BCUT2D eigenvalue weighted by molar-refractivity contribution is 5.81. The van der Waals surface area contributed by atoms with Crippen molar-refractivity contribution in [3.63, 3.8) is 0 Å². The number of fused-ring (bicyclic) bond motifs is 1. The smallest absolute Gasteiger partial charge is 0.123 e. The predicted molar refractivity (Wildman–Crippen MR) is 62.1 cm³/mol. The molecule has 0 bridgehead atoms. The highest BCUT2D eigenvalue weighted by atomic mass is 19.1. The van der Waals surface area contributed by atoms with Gasteiger partial charge in [0.15, 0.2) is 0 Å². The molecule has 0 saturated heterocycles. The van der Waals surface area contributed by atoms with Gasteiger partial charge in [0.05, 0.1) is 5.52 Å². The van der Waals surface area contributed by atoms with Gasteiger partial charge in [0.25, 0.3) is 0 Å². The topological polar surface area (TPSA) is 4.93 Å². The second-order valence-electron chi connectivity index (χ2n) is 3.65. The number of halogens is 1. The molecule has 0 spiro atoms. The molecular formula is C14H9FN. The van der Waals surface area contributed by atoms with Crippen molar-refractivity contribution in [2.24, 2.45) is 0 Å². The van der Waals surface area contributed by atoms with E-state index in [1.807, 2.05) is 35.0 Å². The van der Waals surface area contributed by atoms with E-state index < -0.39 is 0 Å². The van der Waals surface area contributed by atoms with Crippen LogP contribution >= 0.6 is 0 Å². The molecule has 0 aliphatic rings. The minimum absolute atomic E-state index is 0.214. The van der Waals surface area contributed by atoms with Crippen molar-refractivity contribution in [3.05, 3.63) is 66.6 Å². The minimum Gasteiger partial charge on any atom is -0.317 e. The van der Waals surface area contributed by atoms with Crippen LogP contribution in [0.5, 0.6) is 0 Å². The molecule has 1 radical (unpaired) electrons. The molecule has 0 atom stereocenters. The maximum atomic E-state index is 12.8. The molecule has 0 amide bonds. The first-order valence-corrected chi connectivity index (χ1v) is 5.08. The lowest BCUT2D eigenvalue weighted by Gasteiger charge is -2.04. The van der Waals surface area contributed by atoms with Crippen molar-refractivity contribution in [1.29, 1.82) is 0 Å². The Kier molecular flexibility index (Phi) is 2.00. The second-order valence-corrected chi connectivity index (χ2v) is 3.65. The molecule has 16 heavy (non-hydrogen) atoms. The summed E-state index contributed by atoms with van der Waals surface area (Å²) in [4.78, 5) is 0. The summed E-state index contributed by atoms with van der Waals surface area (Å²) in [5, 5.41) is 1.13. The lowest BCUT2D eigenvalue weighted by molar-refractivity contribution is 0.627. The van der Waals surface area contributed by atoms with Crippen LogP contribution in [-0.4, -0.2) is 4.57 Å². The number of nitrogens with zero attached hydrogens (tertiary/aromatic N) is 1. The Morgan fingerprint density at radius 1 is 1.00 bits per heavy atom. The van der Waals surface area contributed by atoms with Crippen LogP contribution in [0.3, 0.4) is 0 Å². The van der Waals surface area contributed by atoms with E-state index in [1.165, 1.54) is 12.1 Å². The first-order chi connectivity index (χ1) is 7.84. The van der Waals surface area contributed by atoms with E-state index in [0.717, 1.165) is 16.6 Å².